The molecule has 1 heterocycles. The first-order valence-electron chi connectivity index (χ1n) is 6.30. The van der Waals surface area contributed by atoms with E-state index in [1.165, 1.54) is 19.4 Å². The third-order valence-corrected chi connectivity index (χ3v) is 3.48. The predicted octanol–water partition coefficient (Wildman–Crippen LogP) is 1.61. The Balaban J connectivity index is 2.41. The lowest BCUT2D eigenvalue weighted by atomic mass is 10.0. The molecule has 1 rings (SSSR count). The Morgan fingerprint density at radius 2 is 2.20 bits per heavy atom. The molecule has 90 valence electrons. The molecule has 3 heteroatoms. The van der Waals surface area contributed by atoms with E-state index in [-0.39, 0.29) is 0 Å². The van der Waals surface area contributed by atoms with Gasteiger partial charge in [0.15, 0.2) is 0 Å². The fourth-order valence-electron chi connectivity index (χ4n) is 2.32. The zero-order valence-electron chi connectivity index (χ0n) is 10.4. The summed E-state index contributed by atoms with van der Waals surface area (Å²) in [4.78, 5) is 2.48. The molecule has 1 fully saturated rings. The van der Waals surface area contributed by atoms with E-state index in [9.17, 15) is 0 Å². The van der Waals surface area contributed by atoms with Gasteiger partial charge in [0, 0.05) is 25.2 Å². The number of nitrogens with zero attached hydrogens (tertiary/aromatic N) is 1. The van der Waals surface area contributed by atoms with Crippen molar-refractivity contribution in [3.05, 3.63) is 0 Å². The molecule has 0 aromatic rings. The maximum absolute atomic E-state index is 6.08. The molecular formula is C12H26N2O. The van der Waals surface area contributed by atoms with Crippen LogP contribution in [-0.4, -0.2) is 42.8 Å². The van der Waals surface area contributed by atoms with Crippen LogP contribution in [0.3, 0.4) is 0 Å². The molecule has 3 unspecified atom stereocenters. The van der Waals surface area contributed by atoms with E-state index in [2.05, 4.69) is 25.7 Å². The number of hydrogen-bond donors (Lipinski definition) is 1. The molecule has 0 aromatic carbocycles. The van der Waals surface area contributed by atoms with Crippen molar-refractivity contribution in [2.24, 2.45) is 5.73 Å². The van der Waals surface area contributed by atoms with Gasteiger partial charge in [0.2, 0.25) is 0 Å². The zero-order chi connectivity index (χ0) is 11.3. The second-order valence-electron chi connectivity index (χ2n) is 4.53. The highest BCUT2D eigenvalue weighted by Crippen LogP contribution is 2.17. The topological polar surface area (TPSA) is 38.5 Å². The van der Waals surface area contributed by atoms with Crippen molar-refractivity contribution in [2.75, 3.05) is 19.7 Å². The number of ether oxygens (including phenoxy) is 1. The van der Waals surface area contributed by atoms with Crippen LogP contribution in [0.4, 0.5) is 0 Å². The summed E-state index contributed by atoms with van der Waals surface area (Å²) >= 11 is 0. The molecule has 0 spiro atoms. The third-order valence-electron chi connectivity index (χ3n) is 3.48. The molecule has 0 bridgehead atoms. The van der Waals surface area contributed by atoms with Gasteiger partial charge in [-0.25, -0.2) is 0 Å². The van der Waals surface area contributed by atoms with Crippen LogP contribution in [0.15, 0.2) is 0 Å². The van der Waals surface area contributed by atoms with Crippen LogP contribution in [0.1, 0.15) is 40.0 Å². The summed E-state index contributed by atoms with van der Waals surface area (Å²) in [7, 11) is 0. The Bertz CT molecular complexity index is 173. The number of piperidine rings is 1. The minimum atomic E-state index is 0.297. The standard InChI is InChI=1S/C12H26N2O/c1-4-12(13)10(3)14-8-6-7-11(9-14)15-5-2/h10-12H,4-9,13H2,1-3H3. The molecule has 0 aliphatic carbocycles. The highest BCUT2D eigenvalue weighted by molar-refractivity contribution is 4.82. The molecule has 15 heavy (non-hydrogen) atoms. The van der Waals surface area contributed by atoms with Crippen LogP contribution in [-0.2, 0) is 4.74 Å². The van der Waals surface area contributed by atoms with E-state index in [1.54, 1.807) is 0 Å². The van der Waals surface area contributed by atoms with Gasteiger partial charge in [0.05, 0.1) is 6.10 Å². The molecule has 1 aliphatic heterocycles. The van der Waals surface area contributed by atoms with Crippen molar-refractivity contribution >= 4 is 0 Å². The van der Waals surface area contributed by atoms with Crippen molar-refractivity contribution < 1.29 is 4.74 Å². The molecule has 0 aromatic heterocycles. The van der Waals surface area contributed by atoms with Crippen molar-refractivity contribution in [3.8, 4) is 0 Å². The minimum Gasteiger partial charge on any atom is -0.377 e. The number of nitrogens with two attached hydrogens (primary N) is 1. The third kappa shape index (κ3) is 3.74. The quantitative estimate of drug-likeness (QED) is 0.755. The minimum absolute atomic E-state index is 0.297. The van der Waals surface area contributed by atoms with E-state index in [1.807, 2.05) is 0 Å². The summed E-state index contributed by atoms with van der Waals surface area (Å²) in [6, 6.07) is 0.781. The second kappa shape index (κ2) is 6.46. The largest absolute Gasteiger partial charge is 0.377 e. The molecule has 0 amide bonds. The summed E-state index contributed by atoms with van der Waals surface area (Å²) in [6.45, 7) is 9.53. The fourth-order valence-corrected chi connectivity index (χ4v) is 2.32. The Morgan fingerprint density at radius 1 is 1.47 bits per heavy atom. The van der Waals surface area contributed by atoms with E-state index in [4.69, 9.17) is 10.5 Å². The summed E-state index contributed by atoms with van der Waals surface area (Å²) < 4.78 is 5.69. The first-order valence-corrected chi connectivity index (χ1v) is 6.30. The van der Waals surface area contributed by atoms with Gasteiger partial charge < -0.3 is 10.5 Å². The van der Waals surface area contributed by atoms with Gasteiger partial charge in [-0.15, -0.1) is 0 Å². The molecule has 2 N–H and O–H groups in total. The first kappa shape index (κ1) is 12.9. The average molecular weight is 214 g/mol. The summed E-state index contributed by atoms with van der Waals surface area (Å²) in [6.07, 6.45) is 3.93. The normalized spacial score (nSPS) is 27.6. The van der Waals surface area contributed by atoms with E-state index in [0.29, 0.717) is 18.2 Å². The monoisotopic (exact) mass is 214 g/mol. The van der Waals surface area contributed by atoms with Crippen LogP contribution in [0, 0.1) is 0 Å². The molecule has 0 radical (unpaired) electrons. The molecule has 3 atom stereocenters. The van der Waals surface area contributed by atoms with Crippen LogP contribution < -0.4 is 5.73 Å². The van der Waals surface area contributed by atoms with Crippen LogP contribution in [0.2, 0.25) is 0 Å². The lowest BCUT2D eigenvalue weighted by Gasteiger charge is -2.38. The van der Waals surface area contributed by atoms with Gasteiger partial charge in [-0.1, -0.05) is 6.92 Å². The smallest absolute Gasteiger partial charge is 0.0702 e. The maximum atomic E-state index is 6.08. The number of hydrogen-bond acceptors (Lipinski definition) is 3. The predicted molar refractivity (Wildman–Crippen MR) is 63.9 cm³/mol. The van der Waals surface area contributed by atoms with Gasteiger partial charge >= 0.3 is 0 Å². The number of likely N-dealkylation sites (tertiary alicyclic amines) is 1. The van der Waals surface area contributed by atoms with Gasteiger partial charge in [-0.3, -0.25) is 4.90 Å². The zero-order valence-corrected chi connectivity index (χ0v) is 10.4. The van der Waals surface area contributed by atoms with Gasteiger partial charge in [-0.2, -0.15) is 0 Å². The van der Waals surface area contributed by atoms with Crippen molar-refractivity contribution in [3.63, 3.8) is 0 Å². The maximum Gasteiger partial charge on any atom is 0.0702 e. The van der Waals surface area contributed by atoms with Crippen molar-refractivity contribution in [1.82, 2.24) is 4.90 Å². The summed E-state index contributed by atoms with van der Waals surface area (Å²) in [5.41, 5.74) is 6.08. The average Bonchev–Trinajstić information content (AvgIpc) is 2.28. The summed E-state index contributed by atoms with van der Waals surface area (Å²) in [5, 5.41) is 0. The highest BCUT2D eigenvalue weighted by Gasteiger charge is 2.26. The Morgan fingerprint density at radius 3 is 2.80 bits per heavy atom. The fraction of sp³-hybridized carbons (Fsp3) is 1.00. The Kier molecular flexibility index (Phi) is 5.58. The molecule has 1 aliphatic rings. The highest BCUT2D eigenvalue weighted by atomic mass is 16.5. The molecule has 3 nitrogen and oxygen atoms in total. The lowest BCUT2D eigenvalue weighted by Crippen LogP contribution is -2.51. The Hall–Kier alpha value is -0.120. The molecular weight excluding hydrogens is 188 g/mol. The van der Waals surface area contributed by atoms with Crippen LogP contribution in [0.25, 0.3) is 0 Å². The van der Waals surface area contributed by atoms with E-state index >= 15 is 0 Å². The van der Waals surface area contributed by atoms with Gasteiger partial charge in [0.25, 0.3) is 0 Å². The Labute approximate surface area is 94.0 Å². The van der Waals surface area contributed by atoms with Crippen molar-refractivity contribution in [1.29, 1.82) is 0 Å². The van der Waals surface area contributed by atoms with Gasteiger partial charge in [-0.05, 0) is 39.7 Å². The second-order valence-corrected chi connectivity index (χ2v) is 4.53. The molecule has 0 saturated carbocycles. The van der Waals surface area contributed by atoms with E-state index < -0.39 is 0 Å². The van der Waals surface area contributed by atoms with Crippen LogP contribution >= 0.6 is 0 Å². The van der Waals surface area contributed by atoms with E-state index in [0.717, 1.165) is 19.6 Å². The van der Waals surface area contributed by atoms with Crippen molar-refractivity contribution in [2.45, 2.75) is 58.2 Å². The number of rotatable bonds is 5. The molecule has 1 saturated heterocycles. The van der Waals surface area contributed by atoms with Gasteiger partial charge in [0.1, 0.15) is 0 Å². The van der Waals surface area contributed by atoms with Crippen LogP contribution in [0.5, 0.6) is 0 Å². The lowest BCUT2D eigenvalue weighted by molar-refractivity contribution is -0.00831. The first-order chi connectivity index (χ1) is 7.19. The summed E-state index contributed by atoms with van der Waals surface area (Å²) in [5.74, 6) is 0. The SMILES string of the molecule is CCOC1CCCN(C(C)C(N)CC)C1.